The molecule has 0 spiro atoms. The number of aromatic amines is 1. The van der Waals surface area contributed by atoms with E-state index < -0.39 is 5.41 Å². The molecule has 222 valence electrons. The molecule has 2 aromatic carbocycles. The number of H-pyrrole nitrogens is 1. The molecule has 0 bridgehead atoms. The Morgan fingerprint density at radius 2 is 1.81 bits per heavy atom. The van der Waals surface area contributed by atoms with E-state index in [4.69, 9.17) is 15.5 Å². The first kappa shape index (κ1) is 29.7. The Morgan fingerprint density at radius 3 is 2.42 bits per heavy atom. The molecule has 0 saturated carbocycles. The van der Waals surface area contributed by atoms with Gasteiger partial charge in [-0.2, -0.15) is 10.4 Å². The number of carbonyl (C=O) groups is 2. The molecule has 1 aromatic heterocycles. The maximum Gasteiger partial charge on any atom is 0.253 e. The van der Waals surface area contributed by atoms with Gasteiger partial charge in [-0.1, -0.05) is 12.1 Å². The fourth-order valence-electron chi connectivity index (χ4n) is 6.21. The second-order valence-corrected chi connectivity index (χ2v) is 11.2. The average molecular weight is 580 g/mol. The third kappa shape index (κ3) is 5.53. The van der Waals surface area contributed by atoms with Gasteiger partial charge in [0.2, 0.25) is 0 Å². The number of aromatic nitrogens is 3. The van der Waals surface area contributed by atoms with Crippen molar-refractivity contribution in [1.82, 2.24) is 35.6 Å². The molecule has 4 N–H and O–H groups in total. The lowest BCUT2D eigenvalue weighted by Crippen LogP contribution is -2.39. The summed E-state index contributed by atoms with van der Waals surface area (Å²) in [5.41, 5.74) is 4.98. The molecule has 11 nitrogen and oxygen atoms in total. The van der Waals surface area contributed by atoms with Crippen LogP contribution in [0, 0.1) is 23.7 Å². The highest BCUT2D eigenvalue weighted by Gasteiger charge is 2.44. The summed E-state index contributed by atoms with van der Waals surface area (Å²) in [4.78, 5) is 33.7. The van der Waals surface area contributed by atoms with Crippen LogP contribution in [0.2, 0.25) is 0 Å². The lowest BCUT2D eigenvalue weighted by atomic mass is 9.69. The molecular weight excluding hydrogens is 542 g/mol. The fraction of sp³-hybridized carbons (Fsp3) is 0.375. The number of aryl methyl sites for hydroxylation is 3. The van der Waals surface area contributed by atoms with Crippen LogP contribution in [-0.4, -0.2) is 83.4 Å². The number of carbonyl (C=O) groups excluding carboxylic acids is 2. The third-order valence-corrected chi connectivity index (χ3v) is 8.31. The molecule has 1 atom stereocenters. The predicted molar refractivity (Wildman–Crippen MR) is 163 cm³/mol. The number of amides is 2. The van der Waals surface area contributed by atoms with Crippen molar-refractivity contribution in [3.05, 3.63) is 93.2 Å². The van der Waals surface area contributed by atoms with Crippen molar-refractivity contribution in [2.75, 3.05) is 40.8 Å². The zero-order chi connectivity index (χ0) is 30.7. The van der Waals surface area contributed by atoms with Gasteiger partial charge in [0, 0.05) is 38.8 Å². The zero-order valence-corrected chi connectivity index (χ0v) is 25.0. The van der Waals surface area contributed by atoms with Crippen LogP contribution in [0.1, 0.15) is 67.5 Å². The van der Waals surface area contributed by atoms with Crippen LogP contribution in [0.3, 0.4) is 0 Å². The van der Waals surface area contributed by atoms with Gasteiger partial charge in [-0.05, 0) is 91.7 Å². The van der Waals surface area contributed by atoms with Crippen LogP contribution in [0.5, 0.6) is 0 Å². The summed E-state index contributed by atoms with van der Waals surface area (Å²) in [5.74, 6) is 1.41. The molecular formula is C32H37N9O2. The first-order valence-corrected chi connectivity index (χ1v) is 14.5. The number of hydrogen-bond donors (Lipinski definition) is 4. The Morgan fingerprint density at radius 1 is 1.14 bits per heavy atom. The number of amidine groups is 1. The summed E-state index contributed by atoms with van der Waals surface area (Å²) in [6, 6.07) is 13.8. The number of fused-ring (bicyclic) bond motifs is 2. The summed E-state index contributed by atoms with van der Waals surface area (Å²) in [6.45, 7) is 3.32. The second kappa shape index (κ2) is 12.2. The Kier molecular flexibility index (Phi) is 8.41. The van der Waals surface area contributed by atoms with Crippen molar-refractivity contribution < 1.29 is 9.59 Å². The van der Waals surface area contributed by atoms with E-state index in [1.54, 1.807) is 30.9 Å². The summed E-state index contributed by atoms with van der Waals surface area (Å²) in [5, 5.41) is 31.9. The van der Waals surface area contributed by atoms with Gasteiger partial charge < -0.3 is 20.4 Å². The molecule has 11 heteroatoms. The first-order chi connectivity index (χ1) is 20.7. The van der Waals surface area contributed by atoms with E-state index in [1.165, 1.54) is 0 Å². The Bertz CT molecular complexity index is 1650. The normalized spacial score (nSPS) is 17.3. The van der Waals surface area contributed by atoms with Gasteiger partial charge in [0.15, 0.2) is 5.82 Å². The third-order valence-electron chi connectivity index (χ3n) is 8.31. The van der Waals surface area contributed by atoms with E-state index >= 15 is 0 Å². The van der Waals surface area contributed by atoms with E-state index in [1.807, 2.05) is 49.4 Å². The van der Waals surface area contributed by atoms with Crippen LogP contribution in [-0.2, 0) is 18.3 Å². The molecule has 0 saturated heterocycles. The van der Waals surface area contributed by atoms with Gasteiger partial charge in [-0.3, -0.25) is 20.1 Å². The highest BCUT2D eigenvalue weighted by molar-refractivity contribution is 5.95. The van der Waals surface area contributed by atoms with Crippen molar-refractivity contribution in [2.45, 2.75) is 38.0 Å². The topological polar surface area (TPSA) is 154 Å². The predicted octanol–water partition coefficient (Wildman–Crippen LogP) is 2.68. The molecule has 2 aliphatic rings. The van der Waals surface area contributed by atoms with Crippen LogP contribution >= 0.6 is 0 Å². The minimum atomic E-state index is -0.798. The number of benzene rings is 2. The SMILES string of the molecule is CNC(=O)c1ccc2c(c1)CCc1cc(C(=O)N(C)C)ccc1C2(CCNCC(=N)N1CCC=C1C#N)c1n[nH]c(C)n1. The maximum atomic E-state index is 12.9. The van der Waals surface area contributed by atoms with E-state index in [-0.39, 0.29) is 11.8 Å². The average Bonchev–Trinajstić information content (AvgIpc) is 3.66. The van der Waals surface area contributed by atoms with Crippen molar-refractivity contribution in [3.8, 4) is 6.07 Å². The fourth-order valence-corrected chi connectivity index (χ4v) is 6.21. The van der Waals surface area contributed by atoms with E-state index in [0.717, 1.165) is 28.7 Å². The molecule has 0 radical (unpaired) electrons. The standard InChI is InChI=1S/C32H37N9O2/c1-20-37-31(39-38-20)32(13-14-36-19-28(34)41-15-5-6-25(41)18-33)26-11-9-23(29(42)35-2)16-21(26)7-8-22-17-24(10-12-27(22)32)30(43)40(3)4/h6,9-12,16-17,34,36H,5,7-8,13-15,19H2,1-4H3,(H,35,42)(H,37,38,39). The van der Waals surface area contributed by atoms with Gasteiger partial charge in [0.25, 0.3) is 11.8 Å². The molecule has 3 aromatic rings. The molecule has 1 unspecified atom stereocenters. The van der Waals surface area contributed by atoms with Crippen molar-refractivity contribution >= 4 is 17.6 Å². The monoisotopic (exact) mass is 579 g/mol. The highest BCUT2D eigenvalue weighted by atomic mass is 16.2. The number of rotatable bonds is 8. The van der Waals surface area contributed by atoms with E-state index in [0.29, 0.717) is 73.2 Å². The van der Waals surface area contributed by atoms with Gasteiger partial charge in [0.05, 0.1) is 12.0 Å². The second-order valence-electron chi connectivity index (χ2n) is 11.2. The van der Waals surface area contributed by atoms with Gasteiger partial charge >= 0.3 is 0 Å². The van der Waals surface area contributed by atoms with Gasteiger partial charge in [-0.15, -0.1) is 0 Å². The van der Waals surface area contributed by atoms with Crippen molar-refractivity contribution in [1.29, 1.82) is 10.7 Å². The van der Waals surface area contributed by atoms with E-state index in [9.17, 15) is 14.9 Å². The summed E-state index contributed by atoms with van der Waals surface area (Å²) in [6.07, 6.45) is 4.52. The van der Waals surface area contributed by atoms with Crippen molar-refractivity contribution in [3.63, 3.8) is 0 Å². The Labute approximate surface area is 251 Å². The van der Waals surface area contributed by atoms with Crippen LogP contribution in [0.15, 0.2) is 48.2 Å². The summed E-state index contributed by atoms with van der Waals surface area (Å²) >= 11 is 0. The van der Waals surface area contributed by atoms with Crippen molar-refractivity contribution in [2.24, 2.45) is 0 Å². The number of hydrogen-bond acceptors (Lipinski definition) is 7. The minimum Gasteiger partial charge on any atom is -0.355 e. The smallest absolute Gasteiger partial charge is 0.253 e. The molecule has 1 aliphatic carbocycles. The van der Waals surface area contributed by atoms with E-state index in [2.05, 4.69) is 21.8 Å². The van der Waals surface area contributed by atoms with Crippen LogP contribution in [0.4, 0.5) is 0 Å². The Balaban J connectivity index is 1.59. The molecule has 1 aliphatic heterocycles. The molecule has 0 fully saturated rings. The number of nitriles is 1. The Hall–Kier alpha value is -4.82. The lowest BCUT2D eigenvalue weighted by Gasteiger charge is -2.35. The molecule has 5 rings (SSSR count). The first-order valence-electron chi connectivity index (χ1n) is 14.5. The highest BCUT2D eigenvalue weighted by Crippen LogP contribution is 2.46. The molecule has 2 heterocycles. The molecule has 43 heavy (non-hydrogen) atoms. The number of allylic oxidation sites excluding steroid dienone is 1. The number of nitrogens with zero attached hydrogens (tertiary/aromatic N) is 5. The summed E-state index contributed by atoms with van der Waals surface area (Å²) < 4.78 is 0. The largest absolute Gasteiger partial charge is 0.355 e. The summed E-state index contributed by atoms with van der Waals surface area (Å²) in [7, 11) is 5.10. The van der Waals surface area contributed by atoms with Gasteiger partial charge in [0.1, 0.15) is 23.4 Å². The molecule has 2 amide bonds. The maximum absolute atomic E-state index is 12.9. The number of nitrogens with one attached hydrogen (secondary N) is 4. The van der Waals surface area contributed by atoms with Crippen LogP contribution in [0.25, 0.3) is 0 Å². The quantitative estimate of drug-likeness (QED) is 0.182. The minimum absolute atomic E-state index is 0.0707. The van der Waals surface area contributed by atoms with Crippen LogP contribution < -0.4 is 10.6 Å². The van der Waals surface area contributed by atoms with Gasteiger partial charge in [-0.25, -0.2) is 4.98 Å². The zero-order valence-electron chi connectivity index (χ0n) is 25.0. The lowest BCUT2D eigenvalue weighted by molar-refractivity contribution is 0.0827.